The molecule has 0 fully saturated rings. The van der Waals surface area contributed by atoms with E-state index in [1.165, 1.54) is 4.57 Å². The van der Waals surface area contributed by atoms with E-state index < -0.39 is 0 Å². The number of hydrogen-bond donors (Lipinski definition) is 0. The van der Waals surface area contributed by atoms with Crippen molar-refractivity contribution in [2.24, 2.45) is 7.05 Å². The first-order valence-electron chi connectivity index (χ1n) is 8.21. The SMILES string of the molecule is CN1CN(C)c2c1c(=O)n(Cc1ccc3ccccc3c1)c(=O)n2C. The molecule has 0 saturated carbocycles. The summed E-state index contributed by atoms with van der Waals surface area (Å²) in [5.41, 5.74) is 0.981. The fourth-order valence-corrected chi connectivity index (χ4v) is 3.63. The largest absolute Gasteiger partial charge is 0.349 e. The first-order valence-corrected chi connectivity index (χ1v) is 8.21. The third-order valence-electron chi connectivity index (χ3n) is 4.82. The molecular weight excluding hydrogens is 316 g/mol. The molecule has 6 heteroatoms. The van der Waals surface area contributed by atoms with Gasteiger partial charge in [-0.3, -0.25) is 13.9 Å². The lowest BCUT2D eigenvalue weighted by Gasteiger charge is -2.16. The number of aromatic nitrogens is 2. The van der Waals surface area contributed by atoms with Crippen LogP contribution in [0.15, 0.2) is 52.1 Å². The summed E-state index contributed by atoms with van der Waals surface area (Å²) in [6.45, 7) is 0.860. The second kappa shape index (κ2) is 5.51. The summed E-state index contributed by atoms with van der Waals surface area (Å²) >= 11 is 0. The Morgan fingerprint density at radius 3 is 2.40 bits per heavy atom. The van der Waals surface area contributed by atoms with Crippen molar-refractivity contribution in [2.75, 3.05) is 30.6 Å². The summed E-state index contributed by atoms with van der Waals surface area (Å²) in [6, 6.07) is 14.1. The van der Waals surface area contributed by atoms with Crippen LogP contribution in [0.1, 0.15) is 5.56 Å². The number of benzene rings is 2. The van der Waals surface area contributed by atoms with Crippen LogP contribution in [0.5, 0.6) is 0 Å². The molecule has 1 aliphatic rings. The first kappa shape index (κ1) is 15.5. The van der Waals surface area contributed by atoms with Gasteiger partial charge in [0.25, 0.3) is 5.56 Å². The van der Waals surface area contributed by atoms with E-state index >= 15 is 0 Å². The molecule has 25 heavy (non-hydrogen) atoms. The highest BCUT2D eigenvalue weighted by atomic mass is 16.2. The molecule has 0 aliphatic carbocycles. The van der Waals surface area contributed by atoms with Crippen LogP contribution in [0, 0.1) is 0 Å². The molecule has 0 spiro atoms. The molecule has 0 radical (unpaired) electrons. The molecule has 0 atom stereocenters. The van der Waals surface area contributed by atoms with E-state index in [-0.39, 0.29) is 17.8 Å². The lowest BCUT2D eigenvalue weighted by atomic mass is 10.1. The zero-order valence-corrected chi connectivity index (χ0v) is 14.6. The van der Waals surface area contributed by atoms with Crippen molar-refractivity contribution >= 4 is 22.3 Å². The highest BCUT2D eigenvalue weighted by molar-refractivity contribution is 5.83. The van der Waals surface area contributed by atoms with Gasteiger partial charge in [-0.1, -0.05) is 36.4 Å². The third kappa shape index (κ3) is 2.33. The highest BCUT2D eigenvalue weighted by Gasteiger charge is 2.29. The number of anilines is 2. The van der Waals surface area contributed by atoms with Crippen LogP contribution in [0.3, 0.4) is 0 Å². The van der Waals surface area contributed by atoms with Gasteiger partial charge in [0.1, 0.15) is 11.5 Å². The molecule has 2 heterocycles. The zero-order chi connectivity index (χ0) is 17.7. The van der Waals surface area contributed by atoms with E-state index in [1.54, 1.807) is 11.6 Å². The average molecular weight is 336 g/mol. The fourth-order valence-electron chi connectivity index (χ4n) is 3.63. The minimum absolute atomic E-state index is 0.238. The van der Waals surface area contributed by atoms with Crippen LogP contribution in [-0.2, 0) is 13.6 Å². The minimum Gasteiger partial charge on any atom is -0.349 e. The molecule has 0 saturated heterocycles. The van der Waals surface area contributed by atoms with Crippen molar-refractivity contribution in [3.63, 3.8) is 0 Å². The molecule has 0 amide bonds. The third-order valence-corrected chi connectivity index (χ3v) is 4.82. The highest BCUT2D eigenvalue weighted by Crippen LogP contribution is 2.28. The van der Waals surface area contributed by atoms with Gasteiger partial charge in [-0.15, -0.1) is 0 Å². The molecule has 1 aliphatic heterocycles. The molecule has 0 N–H and O–H groups in total. The average Bonchev–Trinajstić information content (AvgIpc) is 2.91. The molecular formula is C19H20N4O2. The Balaban J connectivity index is 1.86. The topological polar surface area (TPSA) is 50.5 Å². The van der Waals surface area contributed by atoms with Gasteiger partial charge in [-0.2, -0.15) is 0 Å². The molecule has 128 valence electrons. The van der Waals surface area contributed by atoms with E-state index in [0.717, 1.165) is 16.3 Å². The number of hydrogen-bond acceptors (Lipinski definition) is 4. The quantitative estimate of drug-likeness (QED) is 0.713. The number of fused-ring (bicyclic) bond motifs is 2. The zero-order valence-electron chi connectivity index (χ0n) is 14.6. The van der Waals surface area contributed by atoms with E-state index in [4.69, 9.17) is 0 Å². The van der Waals surface area contributed by atoms with Crippen LogP contribution >= 0.6 is 0 Å². The fraction of sp³-hybridized carbons (Fsp3) is 0.263. The normalized spacial score (nSPS) is 13.6. The monoisotopic (exact) mass is 336 g/mol. The first-order chi connectivity index (χ1) is 12.0. The Morgan fingerprint density at radius 1 is 0.920 bits per heavy atom. The van der Waals surface area contributed by atoms with Gasteiger partial charge in [0, 0.05) is 21.1 Å². The predicted octanol–water partition coefficient (Wildman–Crippen LogP) is 1.59. The standard InChI is InChI=1S/C19H20N4O2/c1-20-12-21(2)17-16(20)18(24)23(19(25)22(17)3)11-13-8-9-14-6-4-5-7-15(14)10-13/h4-10H,11-12H2,1-3H3. The lowest BCUT2D eigenvalue weighted by molar-refractivity contribution is 0.644. The summed E-state index contributed by atoms with van der Waals surface area (Å²) in [4.78, 5) is 29.5. The smallest absolute Gasteiger partial charge is 0.332 e. The van der Waals surface area contributed by atoms with Gasteiger partial charge >= 0.3 is 5.69 Å². The van der Waals surface area contributed by atoms with Crippen molar-refractivity contribution in [2.45, 2.75) is 6.54 Å². The van der Waals surface area contributed by atoms with Crippen molar-refractivity contribution in [1.29, 1.82) is 0 Å². The molecule has 0 bridgehead atoms. The second-order valence-electron chi connectivity index (χ2n) is 6.62. The molecule has 1 aromatic heterocycles. The Labute approximate surface area is 145 Å². The Bertz CT molecular complexity index is 1100. The molecule has 3 aromatic rings. The van der Waals surface area contributed by atoms with Crippen LogP contribution in [0.4, 0.5) is 11.5 Å². The maximum absolute atomic E-state index is 12.9. The summed E-state index contributed by atoms with van der Waals surface area (Å²) in [7, 11) is 5.47. The predicted molar refractivity (Wildman–Crippen MR) is 101 cm³/mol. The number of nitrogens with zero attached hydrogens (tertiary/aromatic N) is 4. The van der Waals surface area contributed by atoms with Crippen LogP contribution < -0.4 is 21.0 Å². The summed E-state index contributed by atoms with van der Waals surface area (Å²) in [5, 5.41) is 2.24. The van der Waals surface area contributed by atoms with E-state index in [0.29, 0.717) is 18.2 Å². The van der Waals surface area contributed by atoms with Crippen molar-refractivity contribution < 1.29 is 0 Å². The Morgan fingerprint density at radius 2 is 1.64 bits per heavy atom. The molecule has 4 rings (SSSR count). The van der Waals surface area contributed by atoms with Gasteiger partial charge in [-0.25, -0.2) is 4.79 Å². The van der Waals surface area contributed by atoms with E-state index in [2.05, 4.69) is 0 Å². The van der Waals surface area contributed by atoms with Crippen molar-refractivity contribution in [1.82, 2.24) is 9.13 Å². The van der Waals surface area contributed by atoms with E-state index in [9.17, 15) is 9.59 Å². The van der Waals surface area contributed by atoms with Gasteiger partial charge in [-0.05, 0) is 22.4 Å². The molecule has 0 unspecified atom stereocenters. The van der Waals surface area contributed by atoms with Gasteiger partial charge < -0.3 is 9.80 Å². The van der Waals surface area contributed by atoms with E-state index in [1.807, 2.05) is 66.4 Å². The van der Waals surface area contributed by atoms with Crippen LogP contribution in [-0.4, -0.2) is 29.9 Å². The summed E-state index contributed by atoms with van der Waals surface area (Å²) in [5.74, 6) is 0.673. The summed E-state index contributed by atoms with van der Waals surface area (Å²) < 4.78 is 2.87. The minimum atomic E-state index is -0.293. The molecule has 6 nitrogen and oxygen atoms in total. The van der Waals surface area contributed by atoms with Crippen LogP contribution in [0.25, 0.3) is 10.8 Å². The lowest BCUT2D eigenvalue weighted by Crippen LogP contribution is -2.41. The van der Waals surface area contributed by atoms with Crippen molar-refractivity contribution in [3.05, 3.63) is 68.9 Å². The van der Waals surface area contributed by atoms with Crippen LogP contribution in [0.2, 0.25) is 0 Å². The van der Waals surface area contributed by atoms with Gasteiger partial charge in [0.05, 0.1) is 13.2 Å². The Hall–Kier alpha value is -3.02. The molecule has 2 aromatic carbocycles. The maximum atomic E-state index is 12.9. The second-order valence-corrected chi connectivity index (χ2v) is 6.62. The summed E-state index contributed by atoms with van der Waals surface area (Å²) in [6.07, 6.45) is 0. The Kier molecular flexibility index (Phi) is 3.42. The maximum Gasteiger partial charge on any atom is 0.332 e. The van der Waals surface area contributed by atoms with Gasteiger partial charge in [0.2, 0.25) is 0 Å². The van der Waals surface area contributed by atoms with Gasteiger partial charge in [0.15, 0.2) is 0 Å². The number of rotatable bonds is 2. The van der Waals surface area contributed by atoms with Crippen molar-refractivity contribution in [3.8, 4) is 0 Å².